The summed E-state index contributed by atoms with van der Waals surface area (Å²) in [4.78, 5) is 24.4. The molecular formula is C17H22O3. The van der Waals surface area contributed by atoms with Crippen LogP contribution in [-0.4, -0.2) is 16.7 Å². The zero-order chi connectivity index (χ0) is 14.7. The number of carbonyl (C=O) groups is 2. The topological polar surface area (TPSA) is 54.4 Å². The minimum atomic E-state index is -0.357. The number of rotatable bonds is 4. The predicted molar refractivity (Wildman–Crippen MR) is 78.4 cm³/mol. The molecule has 0 heterocycles. The van der Waals surface area contributed by atoms with Crippen LogP contribution in [0.25, 0.3) is 0 Å². The van der Waals surface area contributed by atoms with Crippen molar-refractivity contribution in [2.24, 2.45) is 5.92 Å². The lowest BCUT2D eigenvalue weighted by molar-refractivity contribution is -0.118. The molecule has 0 amide bonds. The number of aliphatic hydroxyl groups is 1. The molecule has 0 aromatic rings. The lowest BCUT2D eigenvalue weighted by Gasteiger charge is -2.24. The van der Waals surface area contributed by atoms with Crippen LogP contribution >= 0.6 is 0 Å². The fourth-order valence-corrected chi connectivity index (χ4v) is 2.94. The molecule has 0 aliphatic heterocycles. The van der Waals surface area contributed by atoms with Gasteiger partial charge in [-0.3, -0.25) is 9.59 Å². The summed E-state index contributed by atoms with van der Waals surface area (Å²) in [6.45, 7) is 4.06. The molecule has 0 spiro atoms. The molecule has 1 N–H and O–H groups in total. The van der Waals surface area contributed by atoms with Gasteiger partial charge >= 0.3 is 0 Å². The van der Waals surface area contributed by atoms with Crippen molar-refractivity contribution < 1.29 is 14.7 Å². The third-order valence-corrected chi connectivity index (χ3v) is 4.08. The summed E-state index contributed by atoms with van der Waals surface area (Å²) >= 11 is 0. The van der Waals surface area contributed by atoms with Crippen LogP contribution < -0.4 is 0 Å². The lowest BCUT2D eigenvalue weighted by Crippen LogP contribution is -2.24. The highest BCUT2D eigenvalue weighted by atomic mass is 16.3. The van der Waals surface area contributed by atoms with E-state index in [2.05, 4.69) is 0 Å². The summed E-state index contributed by atoms with van der Waals surface area (Å²) < 4.78 is 0. The van der Waals surface area contributed by atoms with Crippen LogP contribution in [0.15, 0.2) is 34.6 Å². The van der Waals surface area contributed by atoms with Gasteiger partial charge in [0.25, 0.3) is 0 Å². The number of hydrogen-bond acceptors (Lipinski definition) is 3. The Bertz CT molecular complexity index is 520. The molecule has 1 atom stereocenters. The molecule has 1 unspecified atom stereocenters. The summed E-state index contributed by atoms with van der Waals surface area (Å²) in [7, 11) is 0. The van der Waals surface area contributed by atoms with Crippen molar-refractivity contribution in [3.05, 3.63) is 34.6 Å². The van der Waals surface area contributed by atoms with Crippen LogP contribution in [0.2, 0.25) is 0 Å². The van der Waals surface area contributed by atoms with E-state index in [9.17, 15) is 14.7 Å². The monoisotopic (exact) mass is 274 g/mol. The fourth-order valence-electron chi connectivity index (χ4n) is 2.94. The highest BCUT2D eigenvalue weighted by Gasteiger charge is 2.32. The molecular weight excluding hydrogens is 252 g/mol. The number of hydrogen-bond donors (Lipinski definition) is 1. The van der Waals surface area contributed by atoms with Crippen molar-refractivity contribution in [1.82, 2.24) is 0 Å². The number of allylic oxidation sites excluding steroid dienone is 5. The van der Waals surface area contributed by atoms with Crippen LogP contribution in [0.4, 0.5) is 0 Å². The Morgan fingerprint density at radius 2 is 2.10 bits per heavy atom. The van der Waals surface area contributed by atoms with Crippen molar-refractivity contribution in [2.75, 3.05) is 0 Å². The Morgan fingerprint density at radius 1 is 1.35 bits per heavy atom. The molecule has 0 aromatic heterocycles. The van der Waals surface area contributed by atoms with Crippen LogP contribution in [0.3, 0.4) is 0 Å². The van der Waals surface area contributed by atoms with Crippen LogP contribution in [0.1, 0.15) is 52.4 Å². The van der Waals surface area contributed by atoms with E-state index >= 15 is 0 Å². The van der Waals surface area contributed by atoms with Gasteiger partial charge in [-0.05, 0) is 45.1 Å². The van der Waals surface area contributed by atoms with E-state index in [0.29, 0.717) is 17.6 Å². The smallest absolute Gasteiger partial charge is 0.223 e. The second-order valence-electron chi connectivity index (χ2n) is 5.74. The standard InChI is InChI=1S/C17H22O3/c1-3-4-7-13-10-14(18)15(17(20)16(13)19)12-8-5-6-11(2)9-12/h9-10,12,20H,3-8H2,1-2H3. The maximum absolute atomic E-state index is 12.3. The summed E-state index contributed by atoms with van der Waals surface area (Å²) in [5.74, 6) is -0.974. The van der Waals surface area contributed by atoms with Gasteiger partial charge in [-0.2, -0.15) is 0 Å². The molecule has 2 aliphatic carbocycles. The van der Waals surface area contributed by atoms with Crippen LogP contribution in [0.5, 0.6) is 0 Å². The Labute approximate surface area is 120 Å². The van der Waals surface area contributed by atoms with E-state index in [-0.39, 0.29) is 23.2 Å². The number of unbranched alkanes of at least 4 members (excludes halogenated alkanes) is 1. The molecule has 0 radical (unpaired) electrons. The van der Waals surface area contributed by atoms with Crippen molar-refractivity contribution in [3.8, 4) is 0 Å². The second-order valence-corrected chi connectivity index (χ2v) is 5.74. The predicted octanol–water partition coefficient (Wildman–Crippen LogP) is 3.81. The molecule has 2 rings (SSSR count). The van der Waals surface area contributed by atoms with E-state index in [1.807, 2.05) is 19.9 Å². The van der Waals surface area contributed by atoms with E-state index in [1.165, 1.54) is 11.6 Å². The second kappa shape index (κ2) is 6.21. The van der Waals surface area contributed by atoms with E-state index < -0.39 is 0 Å². The quantitative estimate of drug-likeness (QED) is 0.626. The van der Waals surface area contributed by atoms with Crippen LogP contribution in [0, 0.1) is 5.92 Å². The number of Topliss-reactive ketones (excluding diaryl/α,β-unsaturated/α-hetero) is 1. The molecule has 3 heteroatoms. The van der Waals surface area contributed by atoms with E-state index in [4.69, 9.17) is 0 Å². The zero-order valence-electron chi connectivity index (χ0n) is 12.2. The molecule has 0 fully saturated rings. The first-order valence-corrected chi connectivity index (χ1v) is 7.44. The van der Waals surface area contributed by atoms with Gasteiger partial charge < -0.3 is 5.11 Å². The van der Waals surface area contributed by atoms with E-state index in [1.54, 1.807) is 0 Å². The Morgan fingerprint density at radius 3 is 2.75 bits per heavy atom. The van der Waals surface area contributed by atoms with Crippen molar-refractivity contribution in [3.63, 3.8) is 0 Å². The highest BCUT2D eigenvalue weighted by Crippen LogP contribution is 2.33. The molecule has 0 aromatic carbocycles. The van der Waals surface area contributed by atoms with Gasteiger partial charge in [0.2, 0.25) is 5.78 Å². The van der Waals surface area contributed by atoms with Gasteiger partial charge in [0.1, 0.15) is 0 Å². The number of aliphatic hydroxyl groups excluding tert-OH is 1. The van der Waals surface area contributed by atoms with Gasteiger partial charge in [-0.25, -0.2) is 0 Å². The first-order chi connectivity index (χ1) is 9.54. The van der Waals surface area contributed by atoms with Gasteiger partial charge in [-0.15, -0.1) is 0 Å². The van der Waals surface area contributed by atoms with Gasteiger partial charge in [0.15, 0.2) is 11.5 Å². The summed E-state index contributed by atoms with van der Waals surface area (Å²) in [6, 6.07) is 0. The first-order valence-electron chi connectivity index (χ1n) is 7.44. The molecule has 2 aliphatic rings. The Kier molecular flexibility index (Phi) is 4.58. The molecule has 0 bridgehead atoms. The minimum Gasteiger partial charge on any atom is -0.504 e. The van der Waals surface area contributed by atoms with Crippen molar-refractivity contribution >= 4 is 11.6 Å². The summed E-state index contributed by atoms with van der Waals surface area (Å²) in [5, 5.41) is 10.2. The lowest BCUT2D eigenvalue weighted by atomic mass is 9.79. The molecule has 0 saturated heterocycles. The average molecular weight is 274 g/mol. The fraction of sp³-hybridized carbons (Fsp3) is 0.529. The minimum absolute atomic E-state index is 0.107. The summed E-state index contributed by atoms with van der Waals surface area (Å²) in [5.41, 5.74) is 1.98. The van der Waals surface area contributed by atoms with Gasteiger partial charge in [-0.1, -0.05) is 25.0 Å². The summed E-state index contributed by atoms with van der Waals surface area (Å²) in [6.07, 6.45) is 8.69. The van der Waals surface area contributed by atoms with Gasteiger partial charge in [0, 0.05) is 11.5 Å². The number of ketones is 2. The van der Waals surface area contributed by atoms with Crippen molar-refractivity contribution in [2.45, 2.75) is 52.4 Å². The third kappa shape index (κ3) is 2.92. The molecule has 3 nitrogen and oxygen atoms in total. The Balaban J connectivity index is 2.27. The SMILES string of the molecule is CCCCC1=CC(=O)C(C2C=C(C)CCC2)=C(O)C1=O. The Hall–Kier alpha value is -1.64. The molecule has 108 valence electrons. The largest absolute Gasteiger partial charge is 0.504 e. The average Bonchev–Trinajstić information content (AvgIpc) is 2.41. The third-order valence-electron chi connectivity index (χ3n) is 4.08. The maximum Gasteiger partial charge on any atom is 0.223 e. The first kappa shape index (κ1) is 14.8. The van der Waals surface area contributed by atoms with Crippen molar-refractivity contribution in [1.29, 1.82) is 0 Å². The van der Waals surface area contributed by atoms with E-state index in [0.717, 1.165) is 32.1 Å². The van der Waals surface area contributed by atoms with Gasteiger partial charge in [0.05, 0.1) is 5.57 Å². The zero-order valence-corrected chi connectivity index (χ0v) is 12.2. The molecule has 0 saturated carbocycles. The number of carbonyl (C=O) groups excluding carboxylic acids is 2. The maximum atomic E-state index is 12.3. The molecule has 20 heavy (non-hydrogen) atoms. The normalized spacial score (nSPS) is 23.8. The highest BCUT2D eigenvalue weighted by molar-refractivity contribution is 6.21. The van der Waals surface area contributed by atoms with Crippen LogP contribution in [-0.2, 0) is 9.59 Å².